The molecule has 0 amide bonds. The minimum absolute atomic E-state index is 0.252. The maximum Gasteiger partial charge on any atom is -0.0129 e. The van der Waals surface area contributed by atoms with Crippen LogP contribution in [-0.2, 0) is 18.3 Å². The van der Waals surface area contributed by atoms with Crippen LogP contribution in [-0.4, -0.2) is 0 Å². The molecule has 0 radical (unpaired) electrons. The fraction of sp³-hybridized carbons (Fsp3) is 0.613. The molecule has 0 heteroatoms. The molecule has 0 atom stereocenters. The predicted molar refractivity (Wildman–Crippen MR) is 143 cm³/mol. The van der Waals surface area contributed by atoms with Crippen molar-refractivity contribution in [3.63, 3.8) is 0 Å². The van der Waals surface area contributed by atoms with Gasteiger partial charge in [-0.05, 0) is 64.2 Å². The summed E-state index contributed by atoms with van der Waals surface area (Å²) in [6, 6.07) is 17.7. The zero-order valence-electron chi connectivity index (χ0n) is 22.9. The van der Waals surface area contributed by atoms with Gasteiger partial charge in [0.2, 0.25) is 0 Å². The molecule has 0 unspecified atom stereocenters. The second kappa shape index (κ2) is 13.8. The highest BCUT2D eigenvalue weighted by Crippen LogP contribution is 2.30. The van der Waals surface area contributed by atoms with E-state index >= 15 is 0 Å². The molecule has 0 saturated carbocycles. The summed E-state index contributed by atoms with van der Waals surface area (Å²) in [7, 11) is 0. The van der Waals surface area contributed by atoms with Crippen molar-refractivity contribution >= 4 is 0 Å². The van der Waals surface area contributed by atoms with Gasteiger partial charge in [0.25, 0.3) is 0 Å². The van der Waals surface area contributed by atoms with Crippen molar-refractivity contribution in [2.24, 2.45) is 11.3 Å². The Morgan fingerprint density at radius 1 is 0.677 bits per heavy atom. The van der Waals surface area contributed by atoms with E-state index in [-0.39, 0.29) is 5.41 Å². The minimum atomic E-state index is 0.252. The summed E-state index contributed by atoms with van der Waals surface area (Å²) < 4.78 is 0. The van der Waals surface area contributed by atoms with Gasteiger partial charge in [-0.3, -0.25) is 0 Å². The zero-order chi connectivity index (χ0) is 24.2. The highest BCUT2D eigenvalue weighted by Gasteiger charge is 2.20. The van der Waals surface area contributed by atoms with Crippen LogP contribution in [0.25, 0.3) is 0 Å². The van der Waals surface area contributed by atoms with Crippen molar-refractivity contribution in [2.45, 2.75) is 114 Å². The van der Waals surface area contributed by atoms with E-state index < -0.39 is 0 Å². The summed E-state index contributed by atoms with van der Waals surface area (Å²) in [6.45, 7) is 26.9. The Kier molecular flexibility index (Phi) is 13.1. The molecule has 0 aromatic heterocycles. The Bertz CT molecular complexity index is 720. The first-order valence-electron chi connectivity index (χ1n) is 12.5. The Balaban J connectivity index is 0.000000539. The van der Waals surface area contributed by atoms with Gasteiger partial charge in [-0.15, -0.1) is 0 Å². The smallest absolute Gasteiger partial charge is 0.0129 e. The Morgan fingerprint density at radius 2 is 1.16 bits per heavy atom. The Hall–Kier alpha value is -1.56. The minimum Gasteiger partial charge on any atom is -0.0683 e. The average Bonchev–Trinajstić information content (AvgIpc) is 2.67. The average molecular weight is 425 g/mol. The monoisotopic (exact) mass is 424 g/mol. The largest absolute Gasteiger partial charge is 0.0683 e. The SMILES string of the molecule is CC.CC(C)(C)Cc1ccccc1C(C)(C)C.CC(C)CCc1ccccc1C(C)C. The van der Waals surface area contributed by atoms with Crippen LogP contribution in [0.3, 0.4) is 0 Å². The van der Waals surface area contributed by atoms with Gasteiger partial charge >= 0.3 is 0 Å². The molecule has 31 heavy (non-hydrogen) atoms. The molecule has 2 aromatic carbocycles. The highest BCUT2D eigenvalue weighted by molar-refractivity contribution is 5.33. The van der Waals surface area contributed by atoms with E-state index in [2.05, 4.69) is 118 Å². The molecule has 0 N–H and O–H groups in total. The lowest BCUT2D eigenvalue weighted by Gasteiger charge is -2.26. The third kappa shape index (κ3) is 12.2. The summed E-state index contributed by atoms with van der Waals surface area (Å²) in [5.41, 5.74) is 6.66. The fourth-order valence-corrected chi connectivity index (χ4v) is 3.75. The topological polar surface area (TPSA) is 0 Å². The van der Waals surface area contributed by atoms with Crippen LogP contribution in [0.5, 0.6) is 0 Å². The first-order chi connectivity index (χ1) is 14.3. The van der Waals surface area contributed by atoms with Gasteiger partial charge in [0.1, 0.15) is 0 Å². The first-order valence-corrected chi connectivity index (χ1v) is 12.5. The van der Waals surface area contributed by atoms with E-state index in [1.54, 1.807) is 0 Å². The summed E-state index contributed by atoms with van der Waals surface area (Å²) in [5.74, 6) is 1.45. The van der Waals surface area contributed by atoms with Crippen molar-refractivity contribution in [3.05, 3.63) is 70.8 Å². The van der Waals surface area contributed by atoms with E-state index in [4.69, 9.17) is 0 Å². The third-order valence-corrected chi connectivity index (χ3v) is 5.21. The molecule has 0 saturated heterocycles. The molecule has 0 fully saturated rings. The van der Waals surface area contributed by atoms with Crippen molar-refractivity contribution < 1.29 is 0 Å². The first kappa shape index (κ1) is 29.4. The molecule has 176 valence electrons. The van der Waals surface area contributed by atoms with E-state index in [9.17, 15) is 0 Å². The van der Waals surface area contributed by atoms with Gasteiger partial charge in [-0.2, -0.15) is 0 Å². The lowest BCUT2D eigenvalue weighted by Crippen LogP contribution is -2.18. The van der Waals surface area contributed by atoms with Gasteiger partial charge in [-0.25, -0.2) is 0 Å². The number of aryl methyl sites for hydroxylation is 1. The molecular weight excluding hydrogens is 372 g/mol. The van der Waals surface area contributed by atoms with Crippen LogP contribution < -0.4 is 0 Å². The van der Waals surface area contributed by atoms with Gasteiger partial charge in [0.05, 0.1) is 0 Å². The van der Waals surface area contributed by atoms with Crippen LogP contribution in [0.1, 0.15) is 118 Å². The summed E-state index contributed by atoms with van der Waals surface area (Å²) >= 11 is 0. The zero-order valence-corrected chi connectivity index (χ0v) is 22.9. The van der Waals surface area contributed by atoms with Gasteiger partial charge in [0.15, 0.2) is 0 Å². The second-order valence-electron chi connectivity index (χ2n) is 11.4. The third-order valence-electron chi connectivity index (χ3n) is 5.21. The molecule has 0 nitrogen and oxygen atoms in total. The molecule has 0 bridgehead atoms. The molecule has 0 aliphatic rings. The van der Waals surface area contributed by atoms with E-state index in [0.717, 1.165) is 12.3 Å². The molecule has 0 aliphatic carbocycles. The number of benzene rings is 2. The number of hydrogen-bond acceptors (Lipinski definition) is 0. The van der Waals surface area contributed by atoms with Crippen LogP contribution in [0.15, 0.2) is 48.5 Å². The lowest BCUT2D eigenvalue weighted by molar-refractivity contribution is 0.406. The molecule has 0 heterocycles. The molecular formula is C31H52. The van der Waals surface area contributed by atoms with E-state index in [1.807, 2.05) is 13.8 Å². The Morgan fingerprint density at radius 3 is 1.61 bits per heavy atom. The van der Waals surface area contributed by atoms with Gasteiger partial charge < -0.3 is 0 Å². The van der Waals surface area contributed by atoms with E-state index in [0.29, 0.717) is 11.3 Å². The molecule has 0 spiro atoms. The standard InChI is InChI=1S/C15H24.C14H22.C2H6/c1-14(2,3)11-12-9-7-8-10-13(12)15(4,5)6;1-11(2)9-10-13-7-5-6-8-14(13)12(3)4;1-2/h7-10H,11H2,1-6H3;5-8,11-12H,9-10H2,1-4H3;1-2H3. The maximum atomic E-state index is 2.30. The summed E-state index contributed by atoms with van der Waals surface area (Å²) in [4.78, 5) is 0. The van der Waals surface area contributed by atoms with Crippen molar-refractivity contribution in [2.75, 3.05) is 0 Å². The molecule has 2 rings (SSSR count). The van der Waals surface area contributed by atoms with Gasteiger partial charge in [-0.1, -0.05) is 132 Å². The quantitative estimate of drug-likeness (QED) is 0.448. The van der Waals surface area contributed by atoms with Crippen molar-refractivity contribution in [3.8, 4) is 0 Å². The number of hydrogen-bond donors (Lipinski definition) is 0. The van der Waals surface area contributed by atoms with E-state index in [1.165, 1.54) is 35.1 Å². The van der Waals surface area contributed by atoms with Crippen LogP contribution in [0.2, 0.25) is 0 Å². The Labute approximate surface area is 195 Å². The van der Waals surface area contributed by atoms with Crippen LogP contribution in [0, 0.1) is 11.3 Å². The second-order valence-corrected chi connectivity index (χ2v) is 11.4. The maximum absolute atomic E-state index is 2.30. The van der Waals surface area contributed by atoms with Crippen LogP contribution in [0.4, 0.5) is 0 Å². The summed E-state index contributed by atoms with van der Waals surface area (Å²) in [5, 5.41) is 0. The molecule has 2 aromatic rings. The molecule has 0 aliphatic heterocycles. The van der Waals surface area contributed by atoms with Crippen molar-refractivity contribution in [1.29, 1.82) is 0 Å². The van der Waals surface area contributed by atoms with Crippen LogP contribution >= 0.6 is 0 Å². The van der Waals surface area contributed by atoms with Gasteiger partial charge in [0, 0.05) is 0 Å². The number of rotatable bonds is 5. The fourth-order valence-electron chi connectivity index (χ4n) is 3.75. The van der Waals surface area contributed by atoms with Crippen molar-refractivity contribution in [1.82, 2.24) is 0 Å². The highest BCUT2D eigenvalue weighted by atomic mass is 14.2. The normalized spacial score (nSPS) is 11.5. The predicted octanol–water partition coefficient (Wildman–Crippen LogP) is 10.00. The summed E-state index contributed by atoms with van der Waals surface area (Å²) in [6.07, 6.45) is 3.68. The lowest BCUT2D eigenvalue weighted by atomic mass is 9.78.